The number of nitrogens with zero attached hydrogens (tertiary/aromatic N) is 2. The van der Waals surface area contributed by atoms with Crippen molar-refractivity contribution >= 4 is 23.8 Å². The Labute approximate surface area is 279 Å². The van der Waals surface area contributed by atoms with E-state index in [1.54, 1.807) is 109 Å². The van der Waals surface area contributed by atoms with E-state index in [2.05, 4.69) is 0 Å². The zero-order chi connectivity index (χ0) is 34.3. The molecule has 1 heterocycles. The smallest absolute Gasteiger partial charge is 0.338 e. The molecule has 11 nitrogen and oxygen atoms in total. The Bertz CT molecular complexity index is 2080. The number of ether oxygens (including phenoxy) is 3. The quantitative estimate of drug-likeness (QED) is 0.165. The lowest BCUT2D eigenvalue weighted by Gasteiger charge is -2.27. The van der Waals surface area contributed by atoms with Crippen LogP contribution in [0, 0.1) is 5.92 Å². The lowest BCUT2D eigenvalue weighted by Crippen LogP contribution is -2.47. The summed E-state index contributed by atoms with van der Waals surface area (Å²) < 4.78 is 19.3. The summed E-state index contributed by atoms with van der Waals surface area (Å²) in [5.74, 6) is -3.76. The molecule has 0 radical (unpaired) electrons. The van der Waals surface area contributed by atoms with Crippen LogP contribution in [0.1, 0.15) is 53.9 Å². The maximum Gasteiger partial charge on any atom is 0.338 e. The molecule has 0 amide bonds. The van der Waals surface area contributed by atoms with Crippen molar-refractivity contribution in [3.05, 3.63) is 177 Å². The molecule has 0 N–H and O–H groups in total. The maximum absolute atomic E-state index is 14.0. The number of hydrogen-bond donors (Lipinski definition) is 0. The molecule has 1 saturated carbocycles. The minimum absolute atomic E-state index is 0.000813. The zero-order valence-electron chi connectivity index (χ0n) is 26.0. The van der Waals surface area contributed by atoms with Crippen LogP contribution in [0.5, 0.6) is 0 Å². The second-order valence-corrected chi connectivity index (χ2v) is 11.3. The Morgan fingerprint density at radius 1 is 0.571 bits per heavy atom. The average Bonchev–Trinajstić information content (AvgIpc) is 3.47. The van der Waals surface area contributed by atoms with E-state index in [1.165, 1.54) is 18.3 Å². The molecule has 0 aliphatic heterocycles. The highest BCUT2D eigenvalue weighted by atomic mass is 16.6. The normalized spacial score (nSPS) is 18.3. The van der Waals surface area contributed by atoms with Gasteiger partial charge in [-0.05, 0) is 55.0 Å². The number of benzene rings is 4. The van der Waals surface area contributed by atoms with Crippen LogP contribution in [0.2, 0.25) is 0 Å². The Kier molecular flexibility index (Phi) is 9.70. The van der Waals surface area contributed by atoms with Gasteiger partial charge in [-0.1, -0.05) is 72.8 Å². The first kappa shape index (κ1) is 32.6. The molecule has 1 fully saturated rings. The van der Waals surface area contributed by atoms with Gasteiger partial charge in [0.15, 0.2) is 6.10 Å². The second kappa shape index (κ2) is 14.6. The molecule has 0 unspecified atom stereocenters. The molecule has 0 spiro atoms. The van der Waals surface area contributed by atoms with Crippen LogP contribution in [0.15, 0.2) is 143 Å². The van der Waals surface area contributed by atoms with Crippen LogP contribution in [0.3, 0.4) is 0 Å². The van der Waals surface area contributed by atoms with Gasteiger partial charge < -0.3 is 14.2 Å². The van der Waals surface area contributed by atoms with Gasteiger partial charge in [-0.2, -0.15) is 4.57 Å². The summed E-state index contributed by atoms with van der Waals surface area (Å²) in [7, 11) is 0. The van der Waals surface area contributed by atoms with Gasteiger partial charge in [0.2, 0.25) is 0 Å². The first-order chi connectivity index (χ1) is 23.8. The third kappa shape index (κ3) is 7.15. The number of carbonyl (C=O) groups excluding carboxylic acids is 4. The number of rotatable bonds is 9. The van der Waals surface area contributed by atoms with E-state index < -0.39 is 59.2 Å². The fourth-order valence-corrected chi connectivity index (χ4v) is 5.82. The standard InChI is InChI=1S/C38H30N2O9/c41-31-21-22-39(38(46)40(31)34(42)25-13-5-1-6-14-25)30-23-29(24-47-35(43)26-15-7-2-8-16-26)32(48-36(44)27-17-9-3-10-18-27)33(30)49-37(45)28-19-11-4-12-20-28/h1-22,29-30,32-33H,23-24H2/t29-,30-,32-,33+/m1/s1. The van der Waals surface area contributed by atoms with Crippen molar-refractivity contribution in [3.8, 4) is 0 Å². The number of carbonyl (C=O) groups is 4. The molecule has 49 heavy (non-hydrogen) atoms. The lowest BCUT2D eigenvalue weighted by molar-refractivity contribution is -0.0498. The number of hydrogen-bond acceptors (Lipinski definition) is 9. The predicted molar refractivity (Wildman–Crippen MR) is 176 cm³/mol. The van der Waals surface area contributed by atoms with E-state index >= 15 is 0 Å². The molecular formula is C38H30N2O9. The number of aromatic nitrogens is 2. The van der Waals surface area contributed by atoms with E-state index in [4.69, 9.17) is 14.2 Å². The third-order valence-electron chi connectivity index (χ3n) is 8.25. The van der Waals surface area contributed by atoms with Gasteiger partial charge in [0.05, 0.1) is 29.3 Å². The summed E-state index contributed by atoms with van der Waals surface area (Å²) in [4.78, 5) is 80.2. The Hall–Kier alpha value is -6.36. The van der Waals surface area contributed by atoms with E-state index in [0.29, 0.717) is 10.1 Å². The molecule has 4 aromatic carbocycles. The second-order valence-electron chi connectivity index (χ2n) is 11.3. The van der Waals surface area contributed by atoms with E-state index in [9.17, 15) is 28.8 Å². The Morgan fingerprint density at radius 2 is 1.02 bits per heavy atom. The Morgan fingerprint density at radius 3 is 1.53 bits per heavy atom. The fourth-order valence-electron chi connectivity index (χ4n) is 5.82. The summed E-state index contributed by atoms with van der Waals surface area (Å²) in [5, 5.41) is 0. The van der Waals surface area contributed by atoms with Gasteiger partial charge in [0.25, 0.3) is 11.5 Å². The van der Waals surface area contributed by atoms with Crippen molar-refractivity contribution in [2.24, 2.45) is 5.92 Å². The minimum atomic E-state index is -1.31. The Balaban J connectivity index is 1.41. The van der Waals surface area contributed by atoms with Gasteiger partial charge in [-0.3, -0.25) is 14.2 Å². The largest absolute Gasteiger partial charge is 0.462 e. The SMILES string of the molecule is O=C(OC[C@H]1C[C@@H](n2ccc(=O)n(C(=O)c3ccccc3)c2=O)[C@H](OC(=O)c2ccccc2)[C@@H]1OC(=O)c1ccccc1)c1ccccc1. The molecule has 1 aliphatic carbocycles. The van der Waals surface area contributed by atoms with Crippen LogP contribution in [0.25, 0.3) is 0 Å². The van der Waals surface area contributed by atoms with Crippen molar-refractivity contribution in [3.63, 3.8) is 0 Å². The highest BCUT2D eigenvalue weighted by molar-refractivity contribution is 5.95. The monoisotopic (exact) mass is 658 g/mol. The minimum Gasteiger partial charge on any atom is -0.462 e. The summed E-state index contributed by atoms with van der Waals surface area (Å²) in [6, 6.07) is 32.4. The molecule has 0 bridgehead atoms. The van der Waals surface area contributed by atoms with Crippen LogP contribution in [-0.2, 0) is 14.2 Å². The summed E-state index contributed by atoms with van der Waals surface area (Å²) in [6.45, 7) is -0.270. The van der Waals surface area contributed by atoms with Gasteiger partial charge in [0, 0.05) is 23.7 Å². The number of esters is 3. The topological polar surface area (TPSA) is 140 Å². The molecule has 4 atom stereocenters. The van der Waals surface area contributed by atoms with Crippen molar-refractivity contribution < 1.29 is 33.4 Å². The first-order valence-corrected chi connectivity index (χ1v) is 15.5. The average molecular weight is 659 g/mol. The van der Waals surface area contributed by atoms with Crippen molar-refractivity contribution in [1.29, 1.82) is 0 Å². The highest BCUT2D eigenvalue weighted by Crippen LogP contribution is 2.40. The molecule has 0 saturated heterocycles. The van der Waals surface area contributed by atoms with E-state index in [1.807, 2.05) is 0 Å². The lowest BCUT2D eigenvalue weighted by atomic mass is 10.1. The maximum atomic E-state index is 14.0. The summed E-state index contributed by atoms with van der Waals surface area (Å²) >= 11 is 0. The van der Waals surface area contributed by atoms with Crippen LogP contribution >= 0.6 is 0 Å². The van der Waals surface area contributed by atoms with Gasteiger partial charge >= 0.3 is 23.6 Å². The van der Waals surface area contributed by atoms with Gasteiger partial charge in [-0.15, -0.1) is 0 Å². The first-order valence-electron chi connectivity index (χ1n) is 15.5. The summed E-state index contributed by atoms with van der Waals surface area (Å²) in [6.07, 6.45) is -1.32. The molecule has 246 valence electrons. The highest BCUT2D eigenvalue weighted by Gasteiger charge is 2.50. The van der Waals surface area contributed by atoms with Crippen LogP contribution < -0.4 is 11.2 Å². The van der Waals surface area contributed by atoms with E-state index in [-0.39, 0.29) is 29.7 Å². The van der Waals surface area contributed by atoms with Crippen LogP contribution in [-0.4, -0.2) is 51.8 Å². The zero-order valence-corrected chi connectivity index (χ0v) is 26.0. The van der Waals surface area contributed by atoms with Crippen LogP contribution in [0.4, 0.5) is 0 Å². The van der Waals surface area contributed by atoms with Gasteiger partial charge in [-0.25, -0.2) is 19.2 Å². The predicted octanol–water partition coefficient (Wildman–Crippen LogP) is 4.57. The molecule has 1 aromatic heterocycles. The summed E-state index contributed by atoms with van der Waals surface area (Å²) in [5.41, 5.74) is -1.01. The third-order valence-corrected chi connectivity index (χ3v) is 8.25. The van der Waals surface area contributed by atoms with Crippen molar-refractivity contribution in [1.82, 2.24) is 9.13 Å². The van der Waals surface area contributed by atoms with Gasteiger partial charge in [0.1, 0.15) is 6.10 Å². The molecule has 11 heteroatoms. The van der Waals surface area contributed by atoms with Crippen molar-refractivity contribution in [2.75, 3.05) is 6.61 Å². The fraction of sp³-hybridized carbons (Fsp3) is 0.158. The molecular weight excluding hydrogens is 628 g/mol. The van der Waals surface area contributed by atoms with Crippen molar-refractivity contribution in [2.45, 2.75) is 24.7 Å². The van der Waals surface area contributed by atoms with E-state index in [0.717, 1.165) is 10.6 Å². The molecule has 5 aromatic rings. The molecule has 1 aliphatic rings. The molecule has 6 rings (SSSR count).